The molecule has 2 atom stereocenters. The molecule has 1 saturated heterocycles. The van der Waals surface area contributed by atoms with Gasteiger partial charge >= 0.3 is 0 Å². The van der Waals surface area contributed by atoms with E-state index >= 15 is 0 Å². The second-order valence-corrected chi connectivity index (χ2v) is 3.71. The van der Waals surface area contributed by atoms with E-state index in [1.807, 2.05) is 13.8 Å². The maximum absolute atomic E-state index is 11.3. The fourth-order valence-corrected chi connectivity index (χ4v) is 1.66. The first-order valence-corrected chi connectivity index (χ1v) is 5.01. The van der Waals surface area contributed by atoms with Crippen LogP contribution in [0.3, 0.4) is 0 Å². The second-order valence-electron chi connectivity index (χ2n) is 3.71. The molecule has 5 heteroatoms. The minimum atomic E-state index is -0.177. The number of ether oxygens (including phenoxy) is 1. The number of hydrogen-bond acceptors (Lipinski definition) is 4. The number of hydrogen-bond donors (Lipinski definition) is 2. The number of amides is 1. The van der Waals surface area contributed by atoms with E-state index in [0.717, 1.165) is 26.1 Å². The van der Waals surface area contributed by atoms with Gasteiger partial charge in [0, 0.05) is 19.7 Å². The molecule has 0 radical (unpaired) electrons. The summed E-state index contributed by atoms with van der Waals surface area (Å²) in [5.74, 6) is 4.96. The zero-order valence-corrected chi connectivity index (χ0v) is 8.82. The number of nitrogens with two attached hydrogens (primary N) is 1. The predicted molar refractivity (Wildman–Crippen MR) is 53.4 cm³/mol. The summed E-state index contributed by atoms with van der Waals surface area (Å²) in [4.78, 5) is 13.4. The minimum absolute atomic E-state index is 0.140. The number of carbonyl (C=O) groups excluding carboxylic acids is 1. The molecule has 2 unspecified atom stereocenters. The third-order valence-electron chi connectivity index (χ3n) is 2.55. The number of nitrogens with one attached hydrogen (secondary N) is 1. The molecule has 0 aromatic rings. The maximum atomic E-state index is 11.3. The third-order valence-corrected chi connectivity index (χ3v) is 2.55. The highest BCUT2D eigenvalue weighted by atomic mass is 16.5. The molecule has 1 aliphatic heterocycles. The van der Waals surface area contributed by atoms with Crippen molar-refractivity contribution in [2.45, 2.75) is 32.4 Å². The summed E-state index contributed by atoms with van der Waals surface area (Å²) in [6.45, 7) is 6.33. The van der Waals surface area contributed by atoms with Gasteiger partial charge in [-0.05, 0) is 20.3 Å². The van der Waals surface area contributed by atoms with Crippen LogP contribution in [0.5, 0.6) is 0 Å². The molecule has 82 valence electrons. The van der Waals surface area contributed by atoms with Crippen molar-refractivity contribution in [1.82, 2.24) is 10.3 Å². The Hall–Kier alpha value is -0.650. The lowest BCUT2D eigenvalue weighted by Gasteiger charge is -2.26. The summed E-state index contributed by atoms with van der Waals surface area (Å²) in [6, 6.07) is -0.177. The van der Waals surface area contributed by atoms with E-state index in [-0.39, 0.29) is 18.1 Å². The van der Waals surface area contributed by atoms with E-state index in [1.54, 1.807) is 0 Å². The molecule has 1 fully saturated rings. The average molecular weight is 201 g/mol. The molecule has 1 rings (SSSR count). The van der Waals surface area contributed by atoms with Gasteiger partial charge in [0.2, 0.25) is 0 Å². The van der Waals surface area contributed by atoms with Crippen LogP contribution >= 0.6 is 0 Å². The Morgan fingerprint density at radius 3 is 3.07 bits per heavy atom. The summed E-state index contributed by atoms with van der Waals surface area (Å²) in [5.41, 5.74) is 2.18. The largest absolute Gasteiger partial charge is 0.377 e. The zero-order chi connectivity index (χ0) is 10.6. The van der Waals surface area contributed by atoms with E-state index in [9.17, 15) is 4.79 Å². The molecular weight excluding hydrogens is 182 g/mol. The maximum Gasteiger partial charge on any atom is 0.250 e. The van der Waals surface area contributed by atoms with E-state index < -0.39 is 0 Å². The van der Waals surface area contributed by atoms with Crippen molar-refractivity contribution in [3.05, 3.63) is 0 Å². The molecule has 14 heavy (non-hydrogen) atoms. The van der Waals surface area contributed by atoms with Crippen LogP contribution in [0.25, 0.3) is 0 Å². The Balaban J connectivity index is 2.52. The number of carbonyl (C=O) groups is 1. The molecule has 1 aliphatic rings. The van der Waals surface area contributed by atoms with Gasteiger partial charge in [-0.1, -0.05) is 0 Å². The summed E-state index contributed by atoms with van der Waals surface area (Å²) >= 11 is 0. The van der Waals surface area contributed by atoms with Crippen molar-refractivity contribution in [3.8, 4) is 0 Å². The Bertz CT molecular complexity index is 198. The summed E-state index contributed by atoms with van der Waals surface area (Å²) < 4.78 is 5.49. The zero-order valence-electron chi connectivity index (χ0n) is 8.82. The van der Waals surface area contributed by atoms with Gasteiger partial charge in [0.1, 0.15) is 0 Å². The summed E-state index contributed by atoms with van der Waals surface area (Å²) in [6.07, 6.45) is 1.15. The lowest BCUT2D eigenvalue weighted by atomic mass is 10.2. The molecule has 0 aromatic heterocycles. The fraction of sp³-hybridized carbons (Fsp3) is 0.889. The van der Waals surface area contributed by atoms with Crippen LogP contribution in [0.4, 0.5) is 0 Å². The molecule has 1 amide bonds. The van der Waals surface area contributed by atoms with Crippen LogP contribution in [-0.2, 0) is 9.53 Å². The van der Waals surface area contributed by atoms with Gasteiger partial charge in [-0.2, -0.15) is 0 Å². The van der Waals surface area contributed by atoms with E-state index in [0.29, 0.717) is 0 Å². The number of hydrazine groups is 1. The molecule has 0 aromatic carbocycles. The average Bonchev–Trinajstić information content (AvgIpc) is 2.40. The lowest BCUT2D eigenvalue weighted by Crippen LogP contribution is -2.49. The third kappa shape index (κ3) is 2.94. The smallest absolute Gasteiger partial charge is 0.250 e. The standard InChI is InChI=1S/C9H19N3O2/c1-7-6-12(4-3-5-14-7)8(2)9(13)11-10/h7-8H,3-6,10H2,1-2H3,(H,11,13). The minimum Gasteiger partial charge on any atom is -0.377 e. The first-order chi connectivity index (χ1) is 6.65. The summed E-state index contributed by atoms with van der Waals surface area (Å²) in [5, 5.41) is 0. The van der Waals surface area contributed by atoms with Crippen molar-refractivity contribution >= 4 is 5.91 Å². The SMILES string of the molecule is CC1CN(C(C)C(=O)NN)CCCO1. The Morgan fingerprint density at radius 1 is 1.71 bits per heavy atom. The number of nitrogens with zero attached hydrogens (tertiary/aromatic N) is 1. The molecule has 0 spiro atoms. The first kappa shape index (κ1) is 11.4. The van der Waals surface area contributed by atoms with Gasteiger partial charge in [0.05, 0.1) is 12.1 Å². The molecule has 0 aliphatic carbocycles. The van der Waals surface area contributed by atoms with Gasteiger partial charge in [-0.15, -0.1) is 0 Å². The molecule has 3 N–H and O–H groups in total. The Kier molecular flexibility index (Phi) is 4.31. The van der Waals surface area contributed by atoms with E-state index in [1.165, 1.54) is 0 Å². The van der Waals surface area contributed by atoms with E-state index in [4.69, 9.17) is 10.6 Å². The van der Waals surface area contributed by atoms with Crippen molar-refractivity contribution < 1.29 is 9.53 Å². The van der Waals surface area contributed by atoms with Gasteiger partial charge in [0.15, 0.2) is 0 Å². The van der Waals surface area contributed by atoms with Crippen LogP contribution in [0.1, 0.15) is 20.3 Å². The van der Waals surface area contributed by atoms with Crippen molar-refractivity contribution in [3.63, 3.8) is 0 Å². The molecular formula is C9H19N3O2. The monoisotopic (exact) mass is 201 g/mol. The Labute approximate surface area is 84.5 Å². The normalized spacial score (nSPS) is 26.6. The van der Waals surface area contributed by atoms with Crippen molar-refractivity contribution in [1.29, 1.82) is 0 Å². The topological polar surface area (TPSA) is 67.6 Å². The molecule has 1 heterocycles. The molecule has 5 nitrogen and oxygen atoms in total. The van der Waals surface area contributed by atoms with Gasteiger partial charge in [-0.3, -0.25) is 15.1 Å². The highest BCUT2D eigenvalue weighted by Gasteiger charge is 2.23. The van der Waals surface area contributed by atoms with Crippen LogP contribution in [0.2, 0.25) is 0 Å². The molecule has 0 bridgehead atoms. The number of rotatable bonds is 2. The van der Waals surface area contributed by atoms with Gasteiger partial charge in [0.25, 0.3) is 5.91 Å². The summed E-state index contributed by atoms with van der Waals surface area (Å²) in [7, 11) is 0. The second kappa shape index (κ2) is 5.29. The van der Waals surface area contributed by atoms with Crippen LogP contribution in [-0.4, -0.2) is 42.6 Å². The van der Waals surface area contributed by atoms with Crippen LogP contribution in [0.15, 0.2) is 0 Å². The first-order valence-electron chi connectivity index (χ1n) is 5.01. The lowest BCUT2D eigenvalue weighted by molar-refractivity contribution is -0.126. The highest BCUT2D eigenvalue weighted by Crippen LogP contribution is 2.08. The highest BCUT2D eigenvalue weighted by molar-refractivity contribution is 5.80. The fourth-order valence-electron chi connectivity index (χ4n) is 1.66. The van der Waals surface area contributed by atoms with Crippen LogP contribution < -0.4 is 11.3 Å². The molecule has 0 saturated carbocycles. The quantitative estimate of drug-likeness (QED) is 0.358. The predicted octanol–water partition coefficient (Wildman–Crippen LogP) is -0.524. The van der Waals surface area contributed by atoms with Crippen LogP contribution in [0, 0.1) is 0 Å². The van der Waals surface area contributed by atoms with Gasteiger partial charge in [-0.25, -0.2) is 5.84 Å². The van der Waals surface area contributed by atoms with Crippen molar-refractivity contribution in [2.75, 3.05) is 19.7 Å². The van der Waals surface area contributed by atoms with Gasteiger partial charge < -0.3 is 4.74 Å². The van der Waals surface area contributed by atoms with Crippen molar-refractivity contribution in [2.24, 2.45) is 5.84 Å². The Morgan fingerprint density at radius 2 is 2.43 bits per heavy atom. The van der Waals surface area contributed by atoms with E-state index in [2.05, 4.69) is 10.3 Å².